The third kappa shape index (κ3) is 2.97. The SMILES string of the molecule is CCOc1ccccc1NC(C)c1cscn1. The molecule has 90 valence electrons. The Morgan fingerprint density at radius 3 is 2.94 bits per heavy atom. The number of benzene rings is 1. The van der Waals surface area contributed by atoms with Gasteiger partial charge in [-0.2, -0.15) is 0 Å². The van der Waals surface area contributed by atoms with Gasteiger partial charge >= 0.3 is 0 Å². The van der Waals surface area contributed by atoms with Crippen LogP contribution in [0.25, 0.3) is 0 Å². The molecule has 0 radical (unpaired) electrons. The highest BCUT2D eigenvalue weighted by Gasteiger charge is 2.09. The number of para-hydroxylation sites is 2. The second-order valence-electron chi connectivity index (χ2n) is 3.71. The standard InChI is InChI=1S/C13H16N2OS/c1-3-16-13-7-5-4-6-11(13)15-10(2)12-8-17-9-14-12/h4-10,15H,3H2,1-2H3. The van der Waals surface area contributed by atoms with E-state index in [1.165, 1.54) is 0 Å². The number of ether oxygens (including phenoxy) is 1. The van der Waals surface area contributed by atoms with Gasteiger partial charge in [0, 0.05) is 5.38 Å². The molecule has 0 fully saturated rings. The van der Waals surface area contributed by atoms with Crippen molar-refractivity contribution in [1.29, 1.82) is 0 Å². The first kappa shape index (κ1) is 11.9. The summed E-state index contributed by atoms with van der Waals surface area (Å²) in [6.07, 6.45) is 0. The minimum atomic E-state index is 0.183. The van der Waals surface area contributed by atoms with Gasteiger partial charge in [-0.1, -0.05) is 12.1 Å². The maximum Gasteiger partial charge on any atom is 0.142 e. The number of hydrogen-bond acceptors (Lipinski definition) is 4. The summed E-state index contributed by atoms with van der Waals surface area (Å²) in [6.45, 7) is 4.75. The molecule has 2 aromatic rings. The Morgan fingerprint density at radius 1 is 1.41 bits per heavy atom. The summed E-state index contributed by atoms with van der Waals surface area (Å²) in [6, 6.07) is 8.15. The Morgan fingerprint density at radius 2 is 2.24 bits per heavy atom. The summed E-state index contributed by atoms with van der Waals surface area (Å²) < 4.78 is 5.57. The van der Waals surface area contributed by atoms with Crippen LogP contribution in [0, 0.1) is 0 Å². The lowest BCUT2D eigenvalue weighted by atomic mass is 10.2. The van der Waals surface area contributed by atoms with E-state index in [-0.39, 0.29) is 6.04 Å². The third-order valence-electron chi connectivity index (χ3n) is 2.45. The van der Waals surface area contributed by atoms with E-state index in [2.05, 4.69) is 22.6 Å². The summed E-state index contributed by atoms with van der Waals surface area (Å²) in [4.78, 5) is 4.30. The second-order valence-corrected chi connectivity index (χ2v) is 4.43. The van der Waals surface area contributed by atoms with Gasteiger partial charge in [0.05, 0.1) is 29.5 Å². The molecule has 0 aliphatic carbocycles. The van der Waals surface area contributed by atoms with Gasteiger partial charge in [-0.3, -0.25) is 0 Å². The number of hydrogen-bond donors (Lipinski definition) is 1. The van der Waals surface area contributed by atoms with Crippen molar-refractivity contribution >= 4 is 17.0 Å². The Bertz CT molecular complexity index is 456. The second kappa shape index (κ2) is 5.68. The van der Waals surface area contributed by atoms with Crippen LogP contribution in [0.3, 0.4) is 0 Å². The third-order valence-corrected chi connectivity index (χ3v) is 3.06. The smallest absolute Gasteiger partial charge is 0.142 e. The highest BCUT2D eigenvalue weighted by atomic mass is 32.1. The minimum absolute atomic E-state index is 0.183. The fourth-order valence-corrected chi connectivity index (χ4v) is 2.26. The van der Waals surface area contributed by atoms with Crippen molar-refractivity contribution < 1.29 is 4.74 Å². The van der Waals surface area contributed by atoms with Gasteiger partial charge in [0.1, 0.15) is 5.75 Å². The summed E-state index contributed by atoms with van der Waals surface area (Å²) in [5, 5.41) is 5.47. The Balaban J connectivity index is 2.12. The average molecular weight is 248 g/mol. The average Bonchev–Trinajstić information content (AvgIpc) is 2.85. The van der Waals surface area contributed by atoms with E-state index in [0.717, 1.165) is 17.1 Å². The normalized spacial score (nSPS) is 12.1. The van der Waals surface area contributed by atoms with Gasteiger partial charge in [-0.05, 0) is 26.0 Å². The first-order valence-electron chi connectivity index (χ1n) is 5.67. The Labute approximate surface area is 105 Å². The minimum Gasteiger partial charge on any atom is -0.492 e. The number of nitrogens with zero attached hydrogens (tertiary/aromatic N) is 1. The molecule has 1 atom stereocenters. The summed E-state index contributed by atoms with van der Waals surface area (Å²) in [5.74, 6) is 0.886. The van der Waals surface area contributed by atoms with E-state index in [9.17, 15) is 0 Å². The fraction of sp³-hybridized carbons (Fsp3) is 0.308. The van der Waals surface area contributed by atoms with Crippen molar-refractivity contribution in [3.05, 3.63) is 40.8 Å². The predicted octanol–water partition coefficient (Wildman–Crippen LogP) is 3.71. The van der Waals surface area contributed by atoms with Crippen molar-refractivity contribution in [3.63, 3.8) is 0 Å². The van der Waals surface area contributed by atoms with Crippen LogP contribution in [0.1, 0.15) is 25.6 Å². The zero-order valence-electron chi connectivity index (χ0n) is 10.0. The van der Waals surface area contributed by atoms with E-state index >= 15 is 0 Å². The van der Waals surface area contributed by atoms with E-state index < -0.39 is 0 Å². The fourth-order valence-electron chi connectivity index (χ4n) is 1.61. The molecule has 0 aliphatic heterocycles. The van der Waals surface area contributed by atoms with Crippen molar-refractivity contribution in [1.82, 2.24) is 4.98 Å². The largest absolute Gasteiger partial charge is 0.492 e. The molecule has 0 aliphatic rings. The predicted molar refractivity (Wildman–Crippen MR) is 71.8 cm³/mol. The number of nitrogens with one attached hydrogen (secondary N) is 1. The number of rotatable bonds is 5. The molecule has 4 heteroatoms. The molecule has 0 bridgehead atoms. The summed E-state index contributed by atoms with van der Waals surface area (Å²) >= 11 is 1.61. The maximum absolute atomic E-state index is 5.57. The van der Waals surface area contributed by atoms with Crippen LogP contribution in [0.5, 0.6) is 5.75 Å². The van der Waals surface area contributed by atoms with E-state index in [0.29, 0.717) is 6.61 Å². The lowest BCUT2D eigenvalue weighted by Gasteiger charge is -2.16. The monoisotopic (exact) mass is 248 g/mol. The molecule has 0 saturated carbocycles. The molecule has 1 N–H and O–H groups in total. The van der Waals surface area contributed by atoms with Gasteiger partial charge < -0.3 is 10.1 Å². The van der Waals surface area contributed by atoms with Crippen LogP contribution in [-0.2, 0) is 0 Å². The van der Waals surface area contributed by atoms with E-state index in [4.69, 9.17) is 4.74 Å². The van der Waals surface area contributed by atoms with Crippen LogP contribution in [0.15, 0.2) is 35.2 Å². The zero-order chi connectivity index (χ0) is 12.1. The molecular weight excluding hydrogens is 232 g/mol. The van der Waals surface area contributed by atoms with Crippen molar-refractivity contribution in [2.75, 3.05) is 11.9 Å². The molecule has 0 saturated heterocycles. The van der Waals surface area contributed by atoms with Gasteiger partial charge in [-0.25, -0.2) is 4.98 Å². The summed E-state index contributed by atoms with van der Waals surface area (Å²) in [7, 11) is 0. The molecule has 2 rings (SSSR count). The number of aromatic nitrogens is 1. The van der Waals surface area contributed by atoms with Gasteiger partial charge in [0.15, 0.2) is 0 Å². The van der Waals surface area contributed by atoms with Crippen LogP contribution >= 0.6 is 11.3 Å². The van der Waals surface area contributed by atoms with Crippen molar-refractivity contribution in [2.45, 2.75) is 19.9 Å². The summed E-state index contributed by atoms with van der Waals surface area (Å²) in [5.41, 5.74) is 3.92. The first-order chi connectivity index (χ1) is 8.31. The molecule has 3 nitrogen and oxygen atoms in total. The first-order valence-corrected chi connectivity index (χ1v) is 6.62. The Kier molecular flexibility index (Phi) is 3.98. The van der Waals surface area contributed by atoms with Gasteiger partial charge in [0.2, 0.25) is 0 Å². The van der Waals surface area contributed by atoms with Crippen LogP contribution < -0.4 is 10.1 Å². The number of thiazole rings is 1. The quantitative estimate of drug-likeness (QED) is 0.875. The van der Waals surface area contributed by atoms with Crippen LogP contribution in [0.2, 0.25) is 0 Å². The molecule has 1 heterocycles. The van der Waals surface area contributed by atoms with Crippen LogP contribution in [0.4, 0.5) is 5.69 Å². The molecular formula is C13H16N2OS. The lowest BCUT2D eigenvalue weighted by molar-refractivity contribution is 0.341. The maximum atomic E-state index is 5.57. The molecule has 1 aromatic heterocycles. The van der Waals surface area contributed by atoms with Gasteiger partial charge in [-0.15, -0.1) is 11.3 Å². The molecule has 17 heavy (non-hydrogen) atoms. The highest BCUT2D eigenvalue weighted by Crippen LogP contribution is 2.27. The molecule has 1 aromatic carbocycles. The number of anilines is 1. The lowest BCUT2D eigenvalue weighted by Crippen LogP contribution is -2.08. The van der Waals surface area contributed by atoms with E-state index in [1.54, 1.807) is 11.3 Å². The zero-order valence-corrected chi connectivity index (χ0v) is 10.8. The molecule has 1 unspecified atom stereocenters. The van der Waals surface area contributed by atoms with Crippen molar-refractivity contribution in [3.8, 4) is 5.75 Å². The molecule has 0 spiro atoms. The van der Waals surface area contributed by atoms with Gasteiger partial charge in [0.25, 0.3) is 0 Å². The van der Waals surface area contributed by atoms with E-state index in [1.807, 2.05) is 36.7 Å². The van der Waals surface area contributed by atoms with Crippen molar-refractivity contribution in [2.24, 2.45) is 0 Å². The van der Waals surface area contributed by atoms with Crippen LogP contribution in [-0.4, -0.2) is 11.6 Å². The Hall–Kier alpha value is -1.55. The highest BCUT2D eigenvalue weighted by molar-refractivity contribution is 7.07. The molecule has 0 amide bonds. The topological polar surface area (TPSA) is 34.1 Å².